The Morgan fingerprint density at radius 2 is 1.90 bits per heavy atom. The molecule has 4 rings (SSSR count). The summed E-state index contributed by atoms with van der Waals surface area (Å²) in [5, 5.41) is 1.19. The zero-order valence-corrected chi connectivity index (χ0v) is 18.1. The molecule has 0 saturated heterocycles. The van der Waals surface area contributed by atoms with Gasteiger partial charge in [0.05, 0.1) is 10.4 Å². The van der Waals surface area contributed by atoms with E-state index in [2.05, 4.69) is 35.3 Å². The first-order valence-electron chi connectivity index (χ1n) is 9.65. The van der Waals surface area contributed by atoms with E-state index in [9.17, 15) is 4.79 Å². The number of ether oxygens (including phenoxy) is 1. The summed E-state index contributed by atoms with van der Waals surface area (Å²) in [4.78, 5) is 20.0. The smallest absolute Gasteiger partial charge is 0.248 e. The molecule has 0 radical (unpaired) electrons. The fraction of sp³-hybridized carbons (Fsp3) is 0.174. The minimum absolute atomic E-state index is 0.199. The molecule has 1 amide bonds. The maximum absolute atomic E-state index is 11.4. The Hall–Kier alpha value is -3.58. The lowest BCUT2D eigenvalue weighted by molar-refractivity contribution is 0.1000. The highest BCUT2D eigenvalue weighted by Gasteiger charge is 2.22. The third kappa shape index (κ3) is 3.92. The molecule has 0 aliphatic rings. The minimum Gasteiger partial charge on any atom is -0.456 e. The number of hydrogen-bond acceptors (Lipinski definition) is 5. The van der Waals surface area contributed by atoms with Gasteiger partial charge in [0.2, 0.25) is 5.91 Å². The standard InChI is InChI=1S/C23H22ClN5O2/c1-23(2,3)29-11-16(19-20(25)27-12-28-22(19)29)13-7-8-18(17(24)10-13)31-15-6-4-5-14(9-15)21(26)30/h4-12H,1-3H3,(H2,26,30)(H2,25,27,28). The van der Waals surface area contributed by atoms with Gasteiger partial charge in [0, 0.05) is 22.9 Å². The molecule has 158 valence electrons. The van der Waals surface area contributed by atoms with E-state index >= 15 is 0 Å². The molecule has 0 atom stereocenters. The molecule has 0 bridgehead atoms. The lowest BCUT2D eigenvalue weighted by atomic mass is 10.1. The largest absolute Gasteiger partial charge is 0.456 e. The van der Waals surface area contributed by atoms with Gasteiger partial charge >= 0.3 is 0 Å². The van der Waals surface area contributed by atoms with Crippen molar-refractivity contribution < 1.29 is 9.53 Å². The molecule has 4 aromatic rings. The van der Waals surface area contributed by atoms with Gasteiger partial charge in [-0.2, -0.15) is 0 Å². The van der Waals surface area contributed by atoms with E-state index in [1.165, 1.54) is 6.33 Å². The van der Waals surface area contributed by atoms with Gasteiger partial charge in [-0.1, -0.05) is 23.7 Å². The van der Waals surface area contributed by atoms with Gasteiger partial charge in [-0.25, -0.2) is 9.97 Å². The number of benzene rings is 2. The molecule has 2 heterocycles. The van der Waals surface area contributed by atoms with Crippen LogP contribution in [0.5, 0.6) is 11.5 Å². The number of halogens is 1. The maximum atomic E-state index is 11.4. The molecule has 0 unspecified atom stereocenters. The Balaban J connectivity index is 1.76. The highest BCUT2D eigenvalue weighted by molar-refractivity contribution is 6.32. The second-order valence-corrected chi connectivity index (χ2v) is 8.59. The number of nitrogens with zero attached hydrogens (tertiary/aromatic N) is 3. The van der Waals surface area contributed by atoms with Gasteiger partial charge in [0.15, 0.2) is 0 Å². The van der Waals surface area contributed by atoms with Crippen LogP contribution in [0, 0.1) is 0 Å². The second kappa shape index (κ2) is 7.59. The molecule has 7 nitrogen and oxygen atoms in total. The fourth-order valence-electron chi connectivity index (χ4n) is 3.41. The number of carbonyl (C=O) groups excluding carboxylic acids is 1. The zero-order valence-electron chi connectivity index (χ0n) is 17.4. The number of primary amides is 1. The third-order valence-corrected chi connectivity index (χ3v) is 5.22. The fourth-order valence-corrected chi connectivity index (χ4v) is 3.63. The van der Waals surface area contributed by atoms with Crippen LogP contribution in [-0.2, 0) is 5.54 Å². The summed E-state index contributed by atoms with van der Waals surface area (Å²) in [5.41, 5.74) is 14.2. The molecule has 31 heavy (non-hydrogen) atoms. The van der Waals surface area contributed by atoms with Crippen molar-refractivity contribution in [2.45, 2.75) is 26.3 Å². The van der Waals surface area contributed by atoms with Crippen molar-refractivity contribution >= 4 is 34.4 Å². The predicted octanol–water partition coefficient (Wildman–Crippen LogP) is 4.98. The molecule has 0 aliphatic carbocycles. The first-order chi connectivity index (χ1) is 14.6. The molecule has 0 aliphatic heterocycles. The summed E-state index contributed by atoms with van der Waals surface area (Å²) in [6, 6.07) is 12.1. The highest BCUT2D eigenvalue weighted by atomic mass is 35.5. The molecule has 0 saturated carbocycles. The highest BCUT2D eigenvalue weighted by Crippen LogP contribution is 2.39. The van der Waals surface area contributed by atoms with Crippen LogP contribution in [0.2, 0.25) is 5.02 Å². The number of hydrogen-bond donors (Lipinski definition) is 2. The average Bonchev–Trinajstić information content (AvgIpc) is 3.11. The third-order valence-electron chi connectivity index (χ3n) is 4.92. The van der Waals surface area contributed by atoms with Crippen LogP contribution >= 0.6 is 11.6 Å². The molecule has 0 spiro atoms. The van der Waals surface area contributed by atoms with Crippen molar-refractivity contribution in [1.29, 1.82) is 0 Å². The second-order valence-electron chi connectivity index (χ2n) is 8.18. The number of fused-ring (bicyclic) bond motifs is 1. The van der Waals surface area contributed by atoms with E-state index in [4.69, 9.17) is 27.8 Å². The maximum Gasteiger partial charge on any atom is 0.248 e. The van der Waals surface area contributed by atoms with Crippen LogP contribution in [0.3, 0.4) is 0 Å². The van der Waals surface area contributed by atoms with E-state index < -0.39 is 5.91 Å². The van der Waals surface area contributed by atoms with Gasteiger partial charge in [0.1, 0.15) is 29.3 Å². The van der Waals surface area contributed by atoms with E-state index in [-0.39, 0.29) is 5.54 Å². The summed E-state index contributed by atoms with van der Waals surface area (Å²) in [6.07, 6.45) is 3.48. The number of aromatic nitrogens is 3. The molecular formula is C23H22ClN5O2. The van der Waals surface area contributed by atoms with Gasteiger partial charge in [-0.05, 0) is 56.7 Å². The average molecular weight is 436 g/mol. The van der Waals surface area contributed by atoms with Gasteiger partial charge in [0.25, 0.3) is 0 Å². The summed E-state index contributed by atoms with van der Waals surface area (Å²) in [6.45, 7) is 6.29. The Morgan fingerprint density at radius 1 is 1.13 bits per heavy atom. The molecule has 2 aromatic carbocycles. The Morgan fingerprint density at radius 3 is 2.58 bits per heavy atom. The zero-order chi connectivity index (χ0) is 22.3. The van der Waals surface area contributed by atoms with E-state index in [1.54, 1.807) is 30.3 Å². The minimum atomic E-state index is -0.526. The summed E-state index contributed by atoms with van der Waals surface area (Å²) >= 11 is 6.53. The topological polar surface area (TPSA) is 109 Å². The normalized spacial score (nSPS) is 11.6. The molecule has 8 heteroatoms. The van der Waals surface area contributed by atoms with Crippen LogP contribution in [0.4, 0.5) is 5.82 Å². The number of anilines is 1. The van der Waals surface area contributed by atoms with Gasteiger partial charge < -0.3 is 20.8 Å². The first-order valence-corrected chi connectivity index (χ1v) is 10.0. The molecule has 4 N–H and O–H groups in total. The van der Waals surface area contributed by atoms with Crippen molar-refractivity contribution in [3.63, 3.8) is 0 Å². The number of amides is 1. The predicted molar refractivity (Wildman–Crippen MR) is 122 cm³/mol. The van der Waals surface area contributed by atoms with Crippen molar-refractivity contribution in [1.82, 2.24) is 14.5 Å². The van der Waals surface area contributed by atoms with E-state index in [1.807, 2.05) is 18.3 Å². The van der Waals surface area contributed by atoms with Crippen molar-refractivity contribution in [2.75, 3.05) is 5.73 Å². The van der Waals surface area contributed by atoms with Crippen LogP contribution < -0.4 is 16.2 Å². The molecule has 2 aromatic heterocycles. The van der Waals surface area contributed by atoms with Crippen molar-refractivity contribution in [2.24, 2.45) is 5.73 Å². The Kier molecular flexibility index (Phi) is 5.07. The Bertz CT molecular complexity index is 1310. The lowest BCUT2D eigenvalue weighted by Crippen LogP contribution is -2.21. The number of carbonyl (C=O) groups is 1. The molecular weight excluding hydrogens is 414 g/mol. The number of nitrogen functional groups attached to an aromatic ring is 1. The monoisotopic (exact) mass is 435 g/mol. The van der Waals surface area contributed by atoms with Gasteiger partial charge in [-0.3, -0.25) is 4.79 Å². The summed E-state index contributed by atoms with van der Waals surface area (Å²) in [7, 11) is 0. The van der Waals surface area contributed by atoms with E-state index in [0.29, 0.717) is 27.9 Å². The van der Waals surface area contributed by atoms with Crippen LogP contribution in [0.15, 0.2) is 55.0 Å². The van der Waals surface area contributed by atoms with Crippen molar-refractivity contribution in [3.05, 3.63) is 65.6 Å². The van der Waals surface area contributed by atoms with E-state index in [0.717, 1.165) is 22.2 Å². The quantitative estimate of drug-likeness (QED) is 0.469. The van der Waals surface area contributed by atoms with Crippen LogP contribution in [0.25, 0.3) is 22.2 Å². The lowest BCUT2D eigenvalue weighted by Gasteiger charge is -2.21. The number of rotatable bonds is 4. The first kappa shape index (κ1) is 20.7. The van der Waals surface area contributed by atoms with Crippen LogP contribution in [0.1, 0.15) is 31.1 Å². The molecule has 0 fully saturated rings. The number of nitrogens with two attached hydrogens (primary N) is 2. The Labute approximate surface area is 184 Å². The van der Waals surface area contributed by atoms with Crippen LogP contribution in [-0.4, -0.2) is 20.4 Å². The summed E-state index contributed by atoms with van der Waals surface area (Å²) < 4.78 is 7.94. The SMILES string of the molecule is CC(C)(C)n1cc(-c2ccc(Oc3cccc(C(N)=O)c3)c(Cl)c2)c2c(N)ncnc21. The van der Waals surface area contributed by atoms with Gasteiger partial charge in [-0.15, -0.1) is 0 Å². The van der Waals surface area contributed by atoms with Crippen molar-refractivity contribution in [3.8, 4) is 22.6 Å². The summed E-state index contributed by atoms with van der Waals surface area (Å²) in [5.74, 6) is 0.799.